The van der Waals surface area contributed by atoms with E-state index in [1.807, 2.05) is 20.8 Å². The van der Waals surface area contributed by atoms with Crippen molar-refractivity contribution in [2.45, 2.75) is 38.9 Å². The van der Waals surface area contributed by atoms with Crippen LogP contribution in [0.15, 0.2) is 54.2 Å². The van der Waals surface area contributed by atoms with Gasteiger partial charge in [0.25, 0.3) is 5.91 Å². The molecule has 1 unspecified atom stereocenters. The second kappa shape index (κ2) is 9.08. The molecule has 0 aliphatic rings. The summed E-state index contributed by atoms with van der Waals surface area (Å²) in [5.74, 6) is -1.36. The average molecular weight is 428 g/mol. The molecule has 0 aliphatic heterocycles. The Bertz CT molecular complexity index is 1010. The molecule has 2 aromatic heterocycles. The van der Waals surface area contributed by atoms with Crippen LogP contribution in [0.1, 0.15) is 48.4 Å². The first-order chi connectivity index (χ1) is 14.3. The SMILES string of the molecule is CC(C)(C)NC(=O)C(c1ccncc1)N(Cc1ccccc1F)C(=O)c1csnn1. The molecule has 0 saturated carbocycles. The first-order valence-electron chi connectivity index (χ1n) is 9.29. The maximum atomic E-state index is 14.4. The zero-order valence-corrected chi connectivity index (χ0v) is 17.7. The van der Waals surface area contributed by atoms with Gasteiger partial charge >= 0.3 is 0 Å². The van der Waals surface area contributed by atoms with Crippen molar-refractivity contribution in [3.8, 4) is 0 Å². The predicted octanol–water partition coefficient (Wildman–Crippen LogP) is 3.37. The fourth-order valence-electron chi connectivity index (χ4n) is 2.95. The average Bonchev–Trinajstić information content (AvgIpc) is 3.23. The van der Waals surface area contributed by atoms with Crippen molar-refractivity contribution in [2.24, 2.45) is 0 Å². The smallest absolute Gasteiger partial charge is 0.276 e. The molecule has 156 valence electrons. The van der Waals surface area contributed by atoms with Gasteiger partial charge in [-0.05, 0) is 56.1 Å². The minimum absolute atomic E-state index is 0.0963. The summed E-state index contributed by atoms with van der Waals surface area (Å²) >= 11 is 1.03. The van der Waals surface area contributed by atoms with E-state index in [0.29, 0.717) is 5.56 Å². The predicted molar refractivity (Wildman–Crippen MR) is 111 cm³/mol. The molecule has 2 amide bonds. The highest BCUT2D eigenvalue weighted by Crippen LogP contribution is 2.26. The van der Waals surface area contributed by atoms with E-state index < -0.39 is 23.3 Å². The Balaban J connectivity index is 2.09. The molecule has 1 N–H and O–H groups in total. The summed E-state index contributed by atoms with van der Waals surface area (Å²) < 4.78 is 18.2. The number of carbonyl (C=O) groups is 2. The first kappa shape index (κ1) is 21.5. The van der Waals surface area contributed by atoms with Gasteiger partial charge in [-0.3, -0.25) is 14.6 Å². The zero-order valence-electron chi connectivity index (χ0n) is 16.9. The van der Waals surface area contributed by atoms with E-state index in [-0.39, 0.29) is 23.7 Å². The Morgan fingerprint density at radius 1 is 1.17 bits per heavy atom. The molecule has 9 heteroatoms. The number of benzene rings is 1. The van der Waals surface area contributed by atoms with Crippen LogP contribution in [0.4, 0.5) is 4.39 Å². The summed E-state index contributed by atoms with van der Waals surface area (Å²) in [7, 11) is 0. The van der Waals surface area contributed by atoms with Crippen LogP contribution in [0.3, 0.4) is 0 Å². The quantitative estimate of drug-likeness (QED) is 0.652. The van der Waals surface area contributed by atoms with Crippen LogP contribution in [-0.4, -0.2) is 36.8 Å². The summed E-state index contributed by atoms with van der Waals surface area (Å²) in [5, 5.41) is 8.27. The van der Waals surface area contributed by atoms with E-state index in [4.69, 9.17) is 0 Å². The van der Waals surface area contributed by atoms with Gasteiger partial charge in [-0.2, -0.15) is 0 Å². The summed E-state index contributed by atoms with van der Waals surface area (Å²) in [6.45, 7) is 5.43. The van der Waals surface area contributed by atoms with Crippen molar-refractivity contribution in [3.05, 3.63) is 76.8 Å². The number of nitrogens with one attached hydrogen (secondary N) is 1. The van der Waals surface area contributed by atoms with Crippen molar-refractivity contribution in [3.63, 3.8) is 0 Å². The van der Waals surface area contributed by atoms with E-state index in [1.165, 1.54) is 16.3 Å². The lowest BCUT2D eigenvalue weighted by Gasteiger charge is -2.33. The fourth-order valence-corrected chi connectivity index (χ4v) is 3.38. The van der Waals surface area contributed by atoms with E-state index >= 15 is 0 Å². The molecule has 2 heterocycles. The van der Waals surface area contributed by atoms with Gasteiger partial charge in [-0.25, -0.2) is 4.39 Å². The Labute approximate surface area is 178 Å². The first-order valence-corrected chi connectivity index (χ1v) is 10.1. The molecule has 1 aromatic carbocycles. The summed E-state index contributed by atoms with van der Waals surface area (Å²) in [6.07, 6.45) is 3.09. The van der Waals surface area contributed by atoms with E-state index in [1.54, 1.807) is 42.7 Å². The number of rotatable bonds is 6. The number of nitrogens with zero attached hydrogens (tertiary/aromatic N) is 4. The Morgan fingerprint density at radius 3 is 2.47 bits per heavy atom. The van der Waals surface area contributed by atoms with Gasteiger partial charge in [0, 0.05) is 28.9 Å². The number of carbonyl (C=O) groups excluding carboxylic acids is 2. The molecule has 30 heavy (non-hydrogen) atoms. The van der Waals surface area contributed by atoms with Gasteiger partial charge in [-0.1, -0.05) is 22.7 Å². The Kier molecular flexibility index (Phi) is 6.51. The number of hydrogen-bond acceptors (Lipinski definition) is 6. The van der Waals surface area contributed by atoms with Crippen molar-refractivity contribution < 1.29 is 14.0 Å². The van der Waals surface area contributed by atoms with Gasteiger partial charge in [0.05, 0.1) is 6.54 Å². The molecule has 0 fully saturated rings. The summed E-state index contributed by atoms with van der Waals surface area (Å²) in [6, 6.07) is 8.46. The molecule has 1 atom stereocenters. The van der Waals surface area contributed by atoms with Crippen LogP contribution in [0.5, 0.6) is 0 Å². The fraction of sp³-hybridized carbons (Fsp3) is 0.286. The topological polar surface area (TPSA) is 88.1 Å². The van der Waals surface area contributed by atoms with Crippen LogP contribution in [0, 0.1) is 5.82 Å². The van der Waals surface area contributed by atoms with Gasteiger partial charge in [-0.15, -0.1) is 5.10 Å². The number of aromatic nitrogens is 3. The maximum absolute atomic E-state index is 14.4. The van der Waals surface area contributed by atoms with Crippen molar-refractivity contribution >= 4 is 23.3 Å². The third-order valence-corrected chi connectivity index (χ3v) is 4.72. The lowest BCUT2D eigenvalue weighted by Crippen LogP contribution is -2.49. The summed E-state index contributed by atoms with van der Waals surface area (Å²) in [5.41, 5.74) is 0.410. The molecule has 3 aromatic rings. The van der Waals surface area contributed by atoms with Gasteiger partial charge < -0.3 is 10.2 Å². The number of amides is 2. The molecule has 0 aliphatic carbocycles. The minimum atomic E-state index is -1.01. The minimum Gasteiger partial charge on any atom is -0.349 e. The largest absolute Gasteiger partial charge is 0.349 e. The molecule has 3 rings (SSSR count). The van der Waals surface area contributed by atoms with Crippen LogP contribution >= 0.6 is 11.5 Å². The highest BCUT2D eigenvalue weighted by molar-refractivity contribution is 7.03. The van der Waals surface area contributed by atoms with Crippen molar-refractivity contribution in [1.82, 2.24) is 24.8 Å². The highest BCUT2D eigenvalue weighted by Gasteiger charge is 2.35. The molecule has 0 saturated heterocycles. The number of pyridine rings is 1. The van der Waals surface area contributed by atoms with Crippen molar-refractivity contribution in [1.29, 1.82) is 0 Å². The van der Waals surface area contributed by atoms with E-state index in [0.717, 1.165) is 11.5 Å². The molecule has 0 radical (unpaired) electrons. The highest BCUT2D eigenvalue weighted by atomic mass is 32.1. The second-order valence-electron chi connectivity index (χ2n) is 7.74. The number of hydrogen-bond donors (Lipinski definition) is 1. The van der Waals surface area contributed by atoms with Crippen LogP contribution in [-0.2, 0) is 11.3 Å². The molecule has 0 bridgehead atoms. The standard InChI is InChI=1S/C21H22FN5O2S/c1-21(2,3)24-19(28)18(14-8-10-23-11-9-14)27(20(29)17-13-30-26-25-17)12-15-6-4-5-7-16(15)22/h4-11,13,18H,12H2,1-3H3,(H,24,28). The van der Waals surface area contributed by atoms with Crippen LogP contribution in [0.25, 0.3) is 0 Å². The lowest BCUT2D eigenvalue weighted by atomic mass is 10.0. The third kappa shape index (κ3) is 5.24. The van der Waals surface area contributed by atoms with Gasteiger partial charge in [0.2, 0.25) is 5.91 Å². The summed E-state index contributed by atoms with van der Waals surface area (Å²) in [4.78, 5) is 31.9. The molecule has 7 nitrogen and oxygen atoms in total. The number of halogens is 1. The molecular formula is C21H22FN5O2S. The zero-order chi connectivity index (χ0) is 21.7. The lowest BCUT2D eigenvalue weighted by molar-refractivity contribution is -0.127. The normalized spacial score (nSPS) is 12.3. The third-order valence-electron chi connectivity index (χ3n) is 4.22. The second-order valence-corrected chi connectivity index (χ2v) is 8.35. The maximum Gasteiger partial charge on any atom is 0.276 e. The Morgan fingerprint density at radius 2 is 1.87 bits per heavy atom. The van der Waals surface area contributed by atoms with Crippen molar-refractivity contribution in [2.75, 3.05) is 0 Å². The van der Waals surface area contributed by atoms with Gasteiger partial charge in [0.1, 0.15) is 11.9 Å². The Hall–Kier alpha value is -3.20. The monoisotopic (exact) mass is 427 g/mol. The van der Waals surface area contributed by atoms with Crippen LogP contribution in [0.2, 0.25) is 0 Å². The molecule has 0 spiro atoms. The molecular weight excluding hydrogens is 405 g/mol. The van der Waals surface area contributed by atoms with E-state index in [2.05, 4.69) is 19.9 Å². The van der Waals surface area contributed by atoms with Gasteiger partial charge in [0.15, 0.2) is 5.69 Å². The van der Waals surface area contributed by atoms with Crippen LogP contribution < -0.4 is 5.32 Å². The van der Waals surface area contributed by atoms with E-state index in [9.17, 15) is 14.0 Å².